The molecule has 3 nitrogen and oxygen atoms in total. The first-order valence-electron chi connectivity index (χ1n) is 6.32. The summed E-state index contributed by atoms with van der Waals surface area (Å²) in [7, 11) is 0. The molecule has 0 aromatic heterocycles. The number of halogens is 1. The number of hydrogen-bond donors (Lipinski definition) is 2. The molecule has 1 rings (SSSR count). The van der Waals surface area contributed by atoms with Gasteiger partial charge in [-0.05, 0) is 31.0 Å². The van der Waals surface area contributed by atoms with Crippen molar-refractivity contribution in [3.63, 3.8) is 0 Å². The van der Waals surface area contributed by atoms with E-state index < -0.39 is 0 Å². The first-order valence-corrected chi connectivity index (χ1v) is 6.70. The molecule has 0 bridgehead atoms. The second kappa shape index (κ2) is 7.83. The van der Waals surface area contributed by atoms with E-state index in [0.29, 0.717) is 5.02 Å². The van der Waals surface area contributed by atoms with E-state index in [-0.39, 0.29) is 18.5 Å². The lowest BCUT2D eigenvalue weighted by Crippen LogP contribution is -2.35. The maximum absolute atomic E-state index is 11.8. The van der Waals surface area contributed by atoms with Crippen molar-refractivity contribution in [2.24, 2.45) is 0 Å². The largest absolute Gasteiger partial charge is 0.325 e. The summed E-state index contributed by atoms with van der Waals surface area (Å²) in [5.41, 5.74) is 1.70. The minimum Gasteiger partial charge on any atom is -0.325 e. The van der Waals surface area contributed by atoms with Crippen molar-refractivity contribution in [3.8, 4) is 12.3 Å². The zero-order chi connectivity index (χ0) is 14.3. The zero-order valence-corrected chi connectivity index (χ0v) is 12.1. The van der Waals surface area contributed by atoms with Crippen LogP contribution in [-0.4, -0.2) is 18.5 Å². The van der Waals surface area contributed by atoms with Crippen molar-refractivity contribution >= 4 is 23.2 Å². The lowest BCUT2D eigenvalue weighted by molar-refractivity contribution is -0.115. The molecular formula is C15H19ClN2O. The van der Waals surface area contributed by atoms with Gasteiger partial charge in [0.1, 0.15) is 0 Å². The number of benzene rings is 1. The Kier molecular flexibility index (Phi) is 6.41. The number of terminal acetylenes is 1. The van der Waals surface area contributed by atoms with Gasteiger partial charge in [-0.1, -0.05) is 36.9 Å². The molecular weight excluding hydrogens is 260 g/mol. The molecule has 102 valence electrons. The average molecular weight is 279 g/mol. The van der Waals surface area contributed by atoms with Crippen LogP contribution in [0.1, 0.15) is 25.3 Å². The molecule has 0 aliphatic heterocycles. The summed E-state index contributed by atoms with van der Waals surface area (Å²) in [6.45, 7) is 4.17. The van der Waals surface area contributed by atoms with Crippen molar-refractivity contribution in [1.82, 2.24) is 5.32 Å². The third kappa shape index (κ3) is 5.34. The van der Waals surface area contributed by atoms with Crippen LogP contribution in [0.2, 0.25) is 5.02 Å². The summed E-state index contributed by atoms with van der Waals surface area (Å²) in [4.78, 5) is 11.8. The van der Waals surface area contributed by atoms with Gasteiger partial charge in [0.05, 0.1) is 12.6 Å². The summed E-state index contributed by atoms with van der Waals surface area (Å²) in [5, 5.41) is 6.46. The Bertz CT molecular complexity index is 480. The molecule has 0 spiro atoms. The van der Waals surface area contributed by atoms with Crippen LogP contribution in [-0.2, 0) is 4.79 Å². The molecule has 0 saturated heterocycles. The lowest BCUT2D eigenvalue weighted by atomic mass is 10.2. The number of aryl methyl sites for hydroxylation is 1. The predicted octanol–water partition coefficient (Wildman–Crippen LogP) is 2.98. The Morgan fingerprint density at radius 1 is 1.53 bits per heavy atom. The second-order valence-corrected chi connectivity index (χ2v) is 4.83. The molecule has 1 amide bonds. The maximum atomic E-state index is 11.8. The Morgan fingerprint density at radius 2 is 2.26 bits per heavy atom. The highest BCUT2D eigenvalue weighted by Crippen LogP contribution is 2.19. The van der Waals surface area contributed by atoms with Crippen LogP contribution < -0.4 is 10.6 Å². The molecule has 0 aliphatic rings. The first-order chi connectivity index (χ1) is 9.06. The highest BCUT2D eigenvalue weighted by atomic mass is 35.5. The minimum atomic E-state index is -0.123. The first kappa shape index (κ1) is 15.6. The fraction of sp³-hybridized carbons (Fsp3) is 0.400. The normalized spacial score (nSPS) is 11.7. The van der Waals surface area contributed by atoms with Gasteiger partial charge in [0.15, 0.2) is 0 Å². The van der Waals surface area contributed by atoms with Crippen LogP contribution in [0.5, 0.6) is 0 Å². The van der Waals surface area contributed by atoms with Gasteiger partial charge in [-0.2, -0.15) is 0 Å². The maximum Gasteiger partial charge on any atom is 0.238 e. The molecule has 4 heteroatoms. The second-order valence-electron chi connectivity index (χ2n) is 4.40. The molecule has 0 radical (unpaired) electrons. The van der Waals surface area contributed by atoms with E-state index in [0.717, 1.165) is 24.1 Å². The molecule has 1 atom stereocenters. The van der Waals surface area contributed by atoms with E-state index in [1.165, 1.54) is 0 Å². The summed E-state index contributed by atoms with van der Waals surface area (Å²) in [6, 6.07) is 5.34. The van der Waals surface area contributed by atoms with Gasteiger partial charge in [0.25, 0.3) is 0 Å². The quantitative estimate of drug-likeness (QED) is 0.786. The van der Waals surface area contributed by atoms with E-state index in [2.05, 4.69) is 23.5 Å². The highest BCUT2D eigenvalue weighted by Gasteiger charge is 2.08. The number of carbonyl (C=O) groups is 1. The standard InChI is InChI=1S/C15H19ClN2O/c1-4-6-13(5-2)17-10-15(19)18-14-9-12(16)8-7-11(14)3/h2,7-9,13,17H,4,6,10H2,1,3H3,(H,18,19). The molecule has 0 heterocycles. The zero-order valence-electron chi connectivity index (χ0n) is 11.3. The third-order valence-corrected chi connectivity index (χ3v) is 3.00. The summed E-state index contributed by atoms with van der Waals surface area (Å²) >= 11 is 5.90. The molecule has 1 unspecified atom stereocenters. The van der Waals surface area contributed by atoms with Crippen LogP contribution in [0, 0.1) is 19.3 Å². The predicted molar refractivity (Wildman–Crippen MR) is 80.4 cm³/mol. The third-order valence-electron chi connectivity index (χ3n) is 2.76. The van der Waals surface area contributed by atoms with Crippen LogP contribution in [0.3, 0.4) is 0 Å². The van der Waals surface area contributed by atoms with Crippen LogP contribution >= 0.6 is 11.6 Å². The van der Waals surface area contributed by atoms with Crippen molar-refractivity contribution in [3.05, 3.63) is 28.8 Å². The Hall–Kier alpha value is -1.50. The fourth-order valence-corrected chi connectivity index (χ4v) is 1.84. The molecule has 1 aromatic carbocycles. The van der Waals surface area contributed by atoms with Crippen LogP contribution in [0.4, 0.5) is 5.69 Å². The van der Waals surface area contributed by atoms with E-state index >= 15 is 0 Å². The van der Waals surface area contributed by atoms with Crippen molar-refractivity contribution < 1.29 is 4.79 Å². The Morgan fingerprint density at radius 3 is 2.89 bits per heavy atom. The number of amides is 1. The van der Waals surface area contributed by atoms with Crippen molar-refractivity contribution in [1.29, 1.82) is 0 Å². The Labute approximate surface area is 119 Å². The monoisotopic (exact) mass is 278 g/mol. The molecule has 0 aliphatic carbocycles. The molecule has 19 heavy (non-hydrogen) atoms. The molecule has 2 N–H and O–H groups in total. The van der Waals surface area contributed by atoms with Crippen molar-refractivity contribution in [2.75, 3.05) is 11.9 Å². The fourth-order valence-electron chi connectivity index (χ4n) is 1.67. The summed E-state index contributed by atoms with van der Waals surface area (Å²) in [6.07, 6.45) is 7.22. The van der Waals surface area contributed by atoms with E-state index in [1.54, 1.807) is 12.1 Å². The van der Waals surface area contributed by atoms with Gasteiger partial charge in [0.2, 0.25) is 5.91 Å². The number of nitrogens with one attached hydrogen (secondary N) is 2. The smallest absolute Gasteiger partial charge is 0.238 e. The van der Waals surface area contributed by atoms with E-state index in [4.69, 9.17) is 18.0 Å². The summed E-state index contributed by atoms with van der Waals surface area (Å²) in [5.74, 6) is 2.51. The lowest BCUT2D eigenvalue weighted by Gasteiger charge is -2.13. The van der Waals surface area contributed by atoms with Gasteiger partial charge >= 0.3 is 0 Å². The molecule has 0 saturated carbocycles. The number of hydrogen-bond acceptors (Lipinski definition) is 2. The minimum absolute atomic E-state index is 0.0591. The average Bonchev–Trinajstić information content (AvgIpc) is 2.39. The number of rotatable bonds is 6. The van der Waals surface area contributed by atoms with Gasteiger partial charge in [-0.3, -0.25) is 10.1 Å². The SMILES string of the molecule is C#CC(CCC)NCC(=O)Nc1cc(Cl)ccc1C. The molecule has 0 fully saturated rings. The summed E-state index contributed by atoms with van der Waals surface area (Å²) < 4.78 is 0. The number of anilines is 1. The van der Waals surface area contributed by atoms with Crippen molar-refractivity contribution in [2.45, 2.75) is 32.7 Å². The van der Waals surface area contributed by atoms with E-state index in [9.17, 15) is 4.79 Å². The van der Waals surface area contributed by atoms with Crippen LogP contribution in [0.25, 0.3) is 0 Å². The topological polar surface area (TPSA) is 41.1 Å². The van der Waals surface area contributed by atoms with Gasteiger partial charge in [-0.25, -0.2) is 0 Å². The van der Waals surface area contributed by atoms with Gasteiger partial charge in [-0.15, -0.1) is 6.42 Å². The Balaban J connectivity index is 2.51. The van der Waals surface area contributed by atoms with Gasteiger partial charge < -0.3 is 5.32 Å². The van der Waals surface area contributed by atoms with Gasteiger partial charge in [0, 0.05) is 10.7 Å². The number of carbonyl (C=O) groups excluding carboxylic acids is 1. The molecule has 1 aromatic rings. The van der Waals surface area contributed by atoms with E-state index in [1.807, 2.05) is 13.0 Å². The highest BCUT2D eigenvalue weighted by molar-refractivity contribution is 6.31. The van der Waals surface area contributed by atoms with Crippen LogP contribution in [0.15, 0.2) is 18.2 Å².